The van der Waals surface area contributed by atoms with E-state index in [1.165, 1.54) is 0 Å². The van der Waals surface area contributed by atoms with Crippen LogP contribution < -0.4 is 10.1 Å². The summed E-state index contributed by atoms with van der Waals surface area (Å²) < 4.78 is 13.6. The number of anilines is 2. The molecule has 1 aromatic carbocycles. The molecule has 0 aliphatic rings. The minimum atomic E-state index is 0.0350. The molecule has 0 fully saturated rings. The van der Waals surface area contributed by atoms with Gasteiger partial charge in [-0.15, -0.1) is 0 Å². The molecule has 0 unspecified atom stereocenters. The number of nitrogens with one attached hydrogen (secondary N) is 1. The summed E-state index contributed by atoms with van der Waals surface area (Å²) in [6, 6.07) is 8.09. The molecule has 3 rings (SSSR count). The molecule has 0 saturated heterocycles. The molecule has 2 aromatic heterocycles. The first-order valence-electron chi connectivity index (χ1n) is 8.81. The molecule has 26 heavy (non-hydrogen) atoms. The van der Waals surface area contributed by atoms with Gasteiger partial charge in [-0.3, -0.25) is 0 Å². The monoisotopic (exact) mass is 354 g/mol. The third-order valence-electron chi connectivity index (χ3n) is 4.44. The second-order valence-electron chi connectivity index (χ2n) is 6.72. The van der Waals surface area contributed by atoms with Crippen molar-refractivity contribution in [2.75, 3.05) is 12.4 Å². The molecule has 0 aliphatic carbocycles. The van der Waals surface area contributed by atoms with Gasteiger partial charge in [0.1, 0.15) is 17.6 Å². The van der Waals surface area contributed by atoms with Crippen LogP contribution in [0.5, 0.6) is 5.75 Å². The maximum Gasteiger partial charge on any atom is 0.158 e. The fraction of sp³-hybridized carbons (Fsp3) is 0.400. The van der Waals surface area contributed by atoms with E-state index in [1.807, 2.05) is 42.9 Å². The van der Waals surface area contributed by atoms with Crippen LogP contribution >= 0.6 is 0 Å². The third-order valence-corrected chi connectivity index (χ3v) is 4.44. The predicted molar refractivity (Wildman–Crippen MR) is 104 cm³/mol. The van der Waals surface area contributed by atoms with Crippen molar-refractivity contribution in [3.05, 3.63) is 42.4 Å². The van der Waals surface area contributed by atoms with Crippen LogP contribution in [0.4, 0.5) is 11.5 Å². The quantitative estimate of drug-likeness (QED) is 0.688. The molecule has 1 N–H and O–H groups in total. The Morgan fingerprint density at radius 1 is 1.15 bits per heavy atom. The Kier molecular flexibility index (Phi) is 5.42. The van der Waals surface area contributed by atoms with Gasteiger partial charge in [-0.25, -0.2) is 9.97 Å². The van der Waals surface area contributed by atoms with E-state index in [1.54, 1.807) is 13.4 Å². The van der Waals surface area contributed by atoms with Gasteiger partial charge in [-0.05, 0) is 44.5 Å². The maximum atomic E-state index is 6.20. The van der Waals surface area contributed by atoms with Gasteiger partial charge >= 0.3 is 0 Å². The van der Waals surface area contributed by atoms with Gasteiger partial charge in [0.15, 0.2) is 5.82 Å². The summed E-state index contributed by atoms with van der Waals surface area (Å²) in [4.78, 5) is 8.74. The number of ether oxygens (including phenoxy) is 2. The van der Waals surface area contributed by atoms with Crippen LogP contribution in [-0.4, -0.2) is 33.9 Å². The standard InChI is InChI=1S/C20H26N4O2/c1-13-6-7-16(18(10-13)26-15(3)11-14(2)25-5)23-20-19-17(21-12-22-20)8-9-24(19)4/h6-10,12,14-15H,11H2,1-5H3,(H,21,22,23)/t14-,15+/m1/s1. The highest BCUT2D eigenvalue weighted by atomic mass is 16.5. The lowest BCUT2D eigenvalue weighted by Crippen LogP contribution is -2.20. The van der Waals surface area contributed by atoms with Gasteiger partial charge in [0.05, 0.1) is 23.4 Å². The van der Waals surface area contributed by atoms with E-state index in [4.69, 9.17) is 9.47 Å². The Hall–Kier alpha value is -2.60. The Bertz CT molecular complexity index is 891. The highest BCUT2D eigenvalue weighted by molar-refractivity contribution is 5.88. The van der Waals surface area contributed by atoms with E-state index < -0.39 is 0 Å². The van der Waals surface area contributed by atoms with Crippen LogP contribution in [0.15, 0.2) is 36.8 Å². The zero-order valence-corrected chi connectivity index (χ0v) is 16.0. The number of aryl methyl sites for hydroxylation is 2. The summed E-state index contributed by atoms with van der Waals surface area (Å²) in [7, 11) is 3.70. The second-order valence-corrected chi connectivity index (χ2v) is 6.72. The van der Waals surface area contributed by atoms with E-state index in [9.17, 15) is 0 Å². The third kappa shape index (κ3) is 3.96. The van der Waals surface area contributed by atoms with E-state index in [0.29, 0.717) is 0 Å². The van der Waals surface area contributed by atoms with Gasteiger partial charge in [0.2, 0.25) is 0 Å². The molecule has 6 heteroatoms. The summed E-state index contributed by atoms with van der Waals surface area (Å²) >= 11 is 0. The van der Waals surface area contributed by atoms with Gasteiger partial charge < -0.3 is 19.4 Å². The van der Waals surface area contributed by atoms with Crippen molar-refractivity contribution >= 4 is 22.5 Å². The molecule has 138 valence electrons. The minimum Gasteiger partial charge on any atom is -0.488 e. The largest absolute Gasteiger partial charge is 0.488 e. The fourth-order valence-electron chi connectivity index (χ4n) is 3.00. The summed E-state index contributed by atoms with van der Waals surface area (Å²) in [5.41, 5.74) is 3.89. The van der Waals surface area contributed by atoms with Crippen molar-refractivity contribution in [2.45, 2.75) is 39.4 Å². The normalized spacial score (nSPS) is 13.6. The highest BCUT2D eigenvalue weighted by Gasteiger charge is 2.14. The first-order chi connectivity index (χ1) is 12.5. The van der Waals surface area contributed by atoms with E-state index in [0.717, 1.165) is 40.3 Å². The van der Waals surface area contributed by atoms with Crippen molar-refractivity contribution in [3.8, 4) is 5.75 Å². The molecule has 2 heterocycles. The highest BCUT2D eigenvalue weighted by Crippen LogP contribution is 2.32. The second kappa shape index (κ2) is 7.74. The summed E-state index contributed by atoms with van der Waals surface area (Å²) in [5, 5.41) is 3.41. The Labute approximate surface area is 154 Å². The van der Waals surface area contributed by atoms with Crippen molar-refractivity contribution in [2.24, 2.45) is 7.05 Å². The van der Waals surface area contributed by atoms with E-state index in [-0.39, 0.29) is 12.2 Å². The number of hydrogen-bond donors (Lipinski definition) is 1. The molecule has 0 aliphatic heterocycles. The summed E-state index contributed by atoms with van der Waals surface area (Å²) in [6.45, 7) is 6.16. The number of hydrogen-bond acceptors (Lipinski definition) is 5. The van der Waals surface area contributed by atoms with Gasteiger partial charge in [-0.2, -0.15) is 0 Å². The lowest BCUT2D eigenvalue weighted by molar-refractivity contribution is 0.0721. The van der Waals surface area contributed by atoms with Gasteiger partial charge in [-0.1, -0.05) is 6.07 Å². The van der Waals surface area contributed by atoms with Crippen LogP contribution in [0.2, 0.25) is 0 Å². The zero-order valence-electron chi connectivity index (χ0n) is 16.0. The Morgan fingerprint density at radius 3 is 2.73 bits per heavy atom. The molecule has 6 nitrogen and oxygen atoms in total. The van der Waals surface area contributed by atoms with Gasteiger partial charge in [0, 0.05) is 26.8 Å². The average molecular weight is 354 g/mol. The molecule has 2 atom stereocenters. The van der Waals surface area contributed by atoms with E-state index in [2.05, 4.69) is 35.2 Å². The molecule has 0 bridgehead atoms. The lowest BCUT2D eigenvalue weighted by Gasteiger charge is -2.21. The smallest absolute Gasteiger partial charge is 0.158 e. The molecule has 0 spiro atoms. The van der Waals surface area contributed by atoms with Crippen LogP contribution in [0.1, 0.15) is 25.8 Å². The number of aromatic nitrogens is 3. The summed E-state index contributed by atoms with van der Waals surface area (Å²) in [5.74, 6) is 1.57. The molecule has 0 radical (unpaired) electrons. The number of benzene rings is 1. The van der Waals surface area contributed by atoms with Crippen molar-refractivity contribution in [1.82, 2.24) is 14.5 Å². The number of methoxy groups -OCH3 is 1. The molecular formula is C20H26N4O2. The predicted octanol–water partition coefficient (Wildman–Crippen LogP) is 4.21. The Balaban J connectivity index is 1.89. The molecule has 0 saturated carbocycles. The number of nitrogens with zero attached hydrogens (tertiary/aromatic N) is 3. The van der Waals surface area contributed by atoms with Crippen LogP contribution in [0, 0.1) is 6.92 Å². The van der Waals surface area contributed by atoms with Crippen LogP contribution in [-0.2, 0) is 11.8 Å². The van der Waals surface area contributed by atoms with Crippen molar-refractivity contribution < 1.29 is 9.47 Å². The fourth-order valence-corrected chi connectivity index (χ4v) is 3.00. The number of fused-ring (bicyclic) bond motifs is 1. The Morgan fingerprint density at radius 2 is 1.96 bits per heavy atom. The zero-order chi connectivity index (χ0) is 18.7. The minimum absolute atomic E-state index is 0.0350. The first kappa shape index (κ1) is 18.2. The summed E-state index contributed by atoms with van der Waals surface area (Å²) in [6.07, 6.45) is 4.55. The maximum absolute atomic E-state index is 6.20. The first-order valence-corrected chi connectivity index (χ1v) is 8.81. The molecule has 0 amide bonds. The number of rotatable bonds is 7. The average Bonchev–Trinajstić information content (AvgIpc) is 2.99. The molecule has 3 aromatic rings. The SMILES string of the molecule is CO[C@H](C)C[C@H](C)Oc1cc(C)ccc1Nc1ncnc2ccn(C)c12. The van der Waals surface area contributed by atoms with Crippen LogP contribution in [0.25, 0.3) is 11.0 Å². The molecular weight excluding hydrogens is 328 g/mol. The van der Waals surface area contributed by atoms with Gasteiger partial charge in [0.25, 0.3) is 0 Å². The van der Waals surface area contributed by atoms with Crippen molar-refractivity contribution in [3.63, 3.8) is 0 Å². The van der Waals surface area contributed by atoms with Crippen LogP contribution in [0.3, 0.4) is 0 Å². The topological polar surface area (TPSA) is 61.2 Å². The van der Waals surface area contributed by atoms with E-state index >= 15 is 0 Å². The lowest BCUT2D eigenvalue weighted by atomic mass is 10.1. The van der Waals surface area contributed by atoms with Crippen molar-refractivity contribution in [1.29, 1.82) is 0 Å².